The molecule has 1 aliphatic rings. The summed E-state index contributed by atoms with van der Waals surface area (Å²) in [6, 6.07) is 16.4. The number of hydrogen-bond donors (Lipinski definition) is 1. The molecule has 0 bridgehead atoms. The lowest BCUT2D eigenvalue weighted by Crippen LogP contribution is -2.40. The number of hydrogen-bond acceptors (Lipinski definition) is 5. The molecule has 3 aromatic rings. The molecular formula is C22H24N4OS. The summed E-state index contributed by atoms with van der Waals surface area (Å²) in [7, 11) is 0. The van der Waals surface area contributed by atoms with E-state index in [4.69, 9.17) is 0 Å². The van der Waals surface area contributed by atoms with Crippen LogP contribution in [0.3, 0.4) is 0 Å². The molecule has 1 saturated heterocycles. The maximum Gasteiger partial charge on any atom is 0.223 e. The third-order valence-corrected chi connectivity index (χ3v) is 6.06. The second-order valence-corrected chi connectivity index (χ2v) is 8.17. The Labute approximate surface area is 169 Å². The average Bonchev–Trinajstić information content (AvgIpc) is 3.27. The largest absolute Gasteiger partial charge is 0.355 e. The Morgan fingerprint density at radius 1 is 1.14 bits per heavy atom. The summed E-state index contributed by atoms with van der Waals surface area (Å²) in [5, 5.41) is 13.9. The van der Waals surface area contributed by atoms with Crippen LogP contribution in [0.1, 0.15) is 24.0 Å². The Morgan fingerprint density at radius 2 is 2.00 bits per heavy atom. The Bertz CT molecular complexity index is 916. The van der Waals surface area contributed by atoms with Crippen molar-refractivity contribution >= 4 is 23.1 Å². The average molecular weight is 393 g/mol. The van der Waals surface area contributed by atoms with Gasteiger partial charge < -0.3 is 10.2 Å². The molecule has 0 aliphatic carbocycles. The zero-order valence-electron chi connectivity index (χ0n) is 16.0. The minimum absolute atomic E-state index is 0.0689. The highest BCUT2D eigenvalue weighted by atomic mass is 32.1. The van der Waals surface area contributed by atoms with E-state index in [-0.39, 0.29) is 11.8 Å². The number of aryl methyl sites for hydroxylation is 1. The van der Waals surface area contributed by atoms with Crippen LogP contribution in [-0.4, -0.2) is 29.2 Å². The molecule has 1 fully saturated rings. The van der Waals surface area contributed by atoms with Crippen molar-refractivity contribution in [2.45, 2.75) is 26.3 Å². The van der Waals surface area contributed by atoms with Crippen molar-refractivity contribution < 1.29 is 4.79 Å². The number of nitrogens with zero attached hydrogens (tertiary/aromatic N) is 3. The van der Waals surface area contributed by atoms with Crippen LogP contribution in [0.25, 0.3) is 10.6 Å². The van der Waals surface area contributed by atoms with Crippen molar-refractivity contribution in [3.8, 4) is 10.6 Å². The number of anilines is 1. The first-order valence-corrected chi connectivity index (χ1v) is 10.5. The smallest absolute Gasteiger partial charge is 0.223 e. The quantitative estimate of drug-likeness (QED) is 0.712. The van der Waals surface area contributed by atoms with Crippen molar-refractivity contribution in [2.24, 2.45) is 5.92 Å². The monoisotopic (exact) mass is 392 g/mol. The Kier molecular flexibility index (Phi) is 5.67. The van der Waals surface area contributed by atoms with E-state index in [2.05, 4.69) is 51.6 Å². The number of piperidine rings is 1. The molecule has 0 saturated carbocycles. The number of carbonyl (C=O) groups excluding carboxylic acids is 1. The third-order valence-electron chi connectivity index (χ3n) is 5.16. The minimum atomic E-state index is 0.0689. The van der Waals surface area contributed by atoms with Crippen molar-refractivity contribution in [3.63, 3.8) is 0 Å². The molecule has 0 spiro atoms. The fraction of sp³-hybridized carbons (Fsp3) is 0.318. The van der Waals surface area contributed by atoms with Crippen LogP contribution in [0.4, 0.5) is 5.82 Å². The Morgan fingerprint density at radius 3 is 2.68 bits per heavy atom. The van der Waals surface area contributed by atoms with Gasteiger partial charge in [0.25, 0.3) is 0 Å². The third kappa shape index (κ3) is 4.39. The second-order valence-electron chi connectivity index (χ2n) is 7.22. The molecule has 3 heterocycles. The predicted octanol–water partition coefficient (Wildman–Crippen LogP) is 4.05. The van der Waals surface area contributed by atoms with Crippen LogP contribution in [0.5, 0.6) is 0 Å². The van der Waals surface area contributed by atoms with Crippen LogP contribution in [-0.2, 0) is 11.3 Å². The molecule has 4 rings (SSSR count). The summed E-state index contributed by atoms with van der Waals surface area (Å²) < 4.78 is 0. The number of carbonyl (C=O) groups is 1. The number of aromatic nitrogens is 2. The van der Waals surface area contributed by atoms with E-state index in [0.717, 1.165) is 47.9 Å². The van der Waals surface area contributed by atoms with Gasteiger partial charge in [0.1, 0.15) is 5.69 Å². The maximum absolute atomic E-state index is 12.5. The van der Waals surface area contributed by atoms with Gasteiger partial charge in [-0.2, -0.15) is 0 Å². The molecule has 2 aromatic heterocycles. The van der Waals surface area contributed by atoms with Crippen molar-refractivity contribution in [1.82, 2.24) is 15.5 Å². The van der Waals surface area contributed by atoms with Crippen LogP contribution in [0.15, 0.2) is 53.9 Å². The van der Waals surface area contributed by atoms with Gasteiger partial charge in [-0.05, 0) is 48.9 Å². The lowest BCUT2D eigenvalue weighted by molar-refractivity contribution is -0.125. The molecule has 5 nitrogen and oxygen atoms in total. The molecule has 0 atom stereocenters. The van der Waals surface area contributed by atoms with Gasteiger partial charge in [-0.1, -0.05) is 35.9 Å². The first-order chi connectivity index (χ1) is 13.7. The Balaban J connectivity index is 1.28. The predicted molar refractivity (Wildman–Crippen MR) is 113 cm³/mol. The number of thiophene rings is 1. The number of rotatable bonds is 5. The highest BCUT2D eigenvalue weighted by Crippen LogP contribution is 2.25. The second kappa shape index (κ2) is 8.52. The van der Waals surface area contributed by atoms with E-state index in [1.807, 2.05) is 29.6 Å². The fourth-order valence-electron chi connectivity index (χ4n) is 3.58. The lowest BCUT2D eigenvalue weighted by atomic mass is 9.96. The number of benzene rings is 1. The van der Waals surface area contributed by atoms with Crippen molar-refractivity contribution in [3.05, 3.63) is 65.0 Å². The van der Waals surface area contributed by atoms with E-state index in [1.165, 1.54) is 5.56 Å². The standard InChI is InChI=1S/C22H24N4OS/c1-16-4-2-5-17(14-16)15-23-22(27)18-9-11-26(12-10-18)21-8-7-19(24-25-21)20-6-3-13-28-20/h2-8,13-14,18H,9-12,15H2,1H3,(H,23,27). The number of amides is 1. The van der Waals surface area contributed by atoms with Gasteiger partial charge in [0, 0.05) is 25.6 Å². The van der Waals surface area contributed by atoms with Crippen LogP contribution in [0, 0.1) is 12.8 Å². The molecule has 1 aliphatic heterocycles. The van der Waals surface area contributed by atoms with E-state index in [0.29, 0.717) is 6.54 Å². The molecule has 1 N–H and O–H groups in total. The summed E-state index contributed by atoms with van der Waals surface area (Å²) in [6.45, 7) is 4.32. The van der Waals surface area contributed by atoms with Crippen molar-refractivity contribution in [2.75, 3.05) is 18.0 Å². The van der Waals surface area contributed by atoms with Gasteiger partial charge in [0.15, 0.2) is 5.82 Å². The summed E-state index contributed by atoms with van der Waals surface area (Å²) in [6.07, 6.45) is 1.68. The van der Waals surface area contributed by atoms with E-state index in [9.17, 15) is 4.79 Å². The first-order valence-electron chi connectivity index (χ1n) is 9.65. The van der Waals surface area contributed by atoms with E-state index >= 15 is 0 Å². The lowest BCUT2D eigenvalue weighted by Gasteiger charge is -2.31. The van der Waals surface area contributed by atoms with Crippen LogP contribution < -0.4 is 10.2 Å². The van der Waals surface area contributed by atoms with E-state index < -0.39 is 0 Å². The fourth-order valence-corrected chi connectivity index (χ4v) is 4.27. The molecular weight excluding hydrogens is 368 g/mol. The molecule has 1 amide bonds. The summed E-state index contributed by atoms with van der Waals surface area (Å²) >= 11 is 1.66. The summed E-state index contributed by atoms with van der Waals surface area (Å²) in [4.78, 5) is 15.9. The highest BCUT2D eigenvalue weighted by molar-refractivity contribution is 7.13. The minimum Gasteiger partial charge on any atom is -0.355 e. The van der Waals surface area contributed by atoms with Gasteiger partial charge >= 0.3 is 0 Å². The van der Waals surface area contributed by atoms with Gasteiger partial charge in [-0.15, -0.1) is 21.5 Å². The van der Waals surface area contributed by atoms with Crippen molar-refractivity contribution in [1.29, 1.82) is 0 Å². The summed E-state index contributed by atoms with van der Waals surface area (Å²) in [5.41, 5.74) is 3.27. The topological polar surface area (TPSA) is 58.1 Å². The zero-order chi connectivity index (χ0) is 19.3. The maximum atomic E-state index is 12.5. The zero-order valence-corrected chi connectivity index (χ0v) is 16.8. The molecule has 28 heavy (non-hydrogen) atoms. The van der Waals surface area contributed by atoms with Gasteiger partial charge in [-0.25, -0.2) is 0 Å². The Hall–Kier alpha value is -2.73. The first kappa shape index (κ1) is 18.6. The number of nitrogens with one attached hydrogen (secondary N) is 1. The van der Waals surface area contributed by atoms with Gasteiger partial charge in [-0.3, -0.25) is 4.79 Å². The molecule has 1 aromatic carbocycles. The van der Waals surface area contributed by atoms with Gasteiger partial charge in [0.2, 0.25) is 5.91 Å². The van der Waals surface area contributed by atoms with Crippen LogP contribution in [0.2, 0.25) is 0 Å². The normalized spacial score (nSPS) is 14.8. The SMILES string of the molecule is Cc1cccc(CNC(=O)C2CCN(c3ccc(-c4cccs4)nn3)CC2)c1. The summed E-state index contributed by atoms with van der Waals surface area (Å²) in [5.74, 6) is 1.11. The van der Waals surface area contributed by atoms with Gasteiger partial charge in [0.05, 0.1) is 4.88 Å². The molecule has 0 radical (unpaired) electrons. The van der Waals surface area contributed by atoms with E-state index in [1.54, 1.807) is 11.3 Å². The molecule has 0 unspecified atom stereocenters. The molecule has 6 heteroatoms. The molecule has 144 valence electrons. The van der Waals surface area contributed by atoms with Crippen LogP contribution >= 0.6 is 11.3 Å². The highest BCUT2D eigenvalue weighted by Gasteiger charge is 2.25.